The molecule has 1 atom stereocenters. The van der Waals surface area contributed by atoms with Crippen LogP contribution in [0.1, 0.15) is 49.8 Å². The number of carbonyl (C=O) groups excluding carboxylic acids is 2. The molecule has 5 heteroatoms. The molecule has 2 saturated heterocycles. The van der Waals surface area contributed by atoms with Crippen molar-refractivity contribution in [1.82, 2.24) is 15.1 Å². The Bertz CT molecular complexity index is 727. The summed E-state index contributed by atoms with van der Waals surface area (Å²) in [6.45, 7) is 5.43. The molecule has 0 radical (unpaired) electrons. The molecule has 3 aliphatic heterocycles. The Morgan fingerprint density at radius 1 is 1.19 bits per heavy atom. The van der Waals surface area contributed by atoms with Crippen LogP contribution in [0.5, 0.6) is 0 Å². The maximum Gasteiger partial charge on any atom is 0.225 e. The zero-order chi connectivity index (χ0) is 18.1. The molecule has 3 heterocycles. The minimum absolute atomic E-state index is 0.0248. The van der Waals surface area contributed by atoms with E-state index in [1.807, 2.05) is 41.4 Å². The molecule has 26 heavy (non-hydrogen) atoms. The number of nitrogens with one attached hydrogen (secondary N) is 1. The molecule has 138 valence electrons. The molecule has 1 aromatic rings. The van der Waals surface area contributed by atoms with E-state index in [0.29, 0.717) is 11.8 Å². The van der Waals surface area contributed by atoms with Crippen molar-refractivity contribution >= 4 is 17.9 Å². The number of carbonyl (C=O) groups is 2. The number of nitrogens with zero attached hydrogens (tertiary/aromatic N) is 2. The van der Waals surface area contributed by atoms with Gasteiger partial charge in [0, 0.05) is 32.8 Å². The Kier molecular flexibility index (Phi) is 4.57. The SMILES string of the molecule is CC(=O)N1C=Cc2ccccc2C1CC(=O)N1CCC2(CCNC2)CC1. The van der Waals surface area contributed by atoms with Gasteiger partial charge in [-0.05, 0) is 48.4 Å². The van der Waals surface area contributed by atoms with Crippen molar-refractivity contribution in [3.8, 4) is 0 Å². The second-order valence-corrected chi connectivity index (χ2v) is 7.90. The molecule has 0 saturated carbocycles. The molecule has 1 aromatic carbocycles. The van der Waals surface area contributed by atoms with Gasteiger partial charge in [0.05, 0.1) is 12.5 Å². The fraction of sp³-hybridized carbons (Fsp3) is 0.524. The Labute approximate surface area is 155 Å². The van der Waals surface area contributed by atoms with E-state index in [0.717, 1.165) is 50.1 Å². The van der Waals surface area contributed by atoms with Crippen LogP contribution in [-0.4, -0.2) is 47.8 Å². The summed E-state index contributed by atoms with van der Waals surface area (Å²) in [6, 6.07) is 7.84. The van der Waals surface area contributed by atoms with Crippen molar-refractivity contribution in [3.63, 3.8) is 0 Å². The molecule has 5 nitrogen and oxygen atoms in total. The summed E-state index contributed by atoms with van der Waals surface area (Å²) in [5.74, 6) is 0.135. The van der Waals surface area contributed by atoms with Crippen LogP contribution in [0, 0.1) is 5.41 Å². The van der Waals surface area contributed by atoms with Gasteiger partial charge in [-0.3, -0.25) is 9.59 Å². The summed E-state index contributed by atoms with van der Waals surface area (Å²) in [6.07, 6.45) is 7.53. The molecule has 3 aliphatic rings. The molecule has 1 spiro atoms. The highest BCUT2D eigenvalue weighted by molar-refractivity contribution is 5.82. The predicted molar refractivity (Wildman–Crippen MR) is 101 cm³/mol. The monoisotopic (exact) mass is 353 g/mol. The van der Waals surface area contributed by atoms with Crippen LogP contribution in [-0.2, 0) is 9.59 Å². The number of hydrogen-bond acceptors (Lipinski definition) is 3. The third kappa shape index (κ3) is 3.16. The first-order valence-corrected chi connectivity index (χ1v) is 9.63. The summed E-state index contributed by atoms with van der Waals surface area (Å²) in [4.78, 5) is 28.8. The van der Waals surface area contributed by atoms with Gasteiger partial charge in [0.2, 0.25) is 11.8 Å². The van der Waals surface area contributed by atoms with E-state index in [-0.39, 0.29) is 17.9 Å². The molecular weight excluding hydrogens is 326 g/mol. The van der Waals surface area contributed by atoms with Crippen LogP contribution in [0.25, 0.3) is 6.08 Å². The van der Waals surface area contributed by atoms with Gasteiger partial charge in [0.25, 0.3) is 0 Å². The lowest BCUT2D eigenvalue weighted by molar-refractivity contribution is -0.136. The molecule has 1 unspecified atom stereocenters. The minimum atomic E-state index is -0.203. The summed E-state index contributed by atoms with van der Waals surface area (Å²) in [5.41, 5.74) is 2.56. The van der Waals surface area contributed by atoms with Crippen LogP contribution in [0.3, 0.4) is 0 Å². The Hall–Kier alpha value is -2.14. The van der Waals surface area contributed by atoms with Gasteiger partial charge < -0.3 is 15.1 Å². The van der Waals surface area contributed by atoms with Crippen LogP contribution in [0.4, 0.5) is 0 Å². The van der Waals surface area contributed by atoms with Gasteiger partial charge in [0.15, 0.2) is 0 Å². The van der Waals surface area contributed by atoms with E-state index in [2.05, 4.69) is 5.32 Å². The predicted octanol–water partition coefficient (Wildman–Crippen LogP) is 2.55. The van der Waals surface area contributed by atoms with E-state index in [4.69, 9.17) is 0 Å². The Morgan fingerprint density at radius 2 is 1.96 bits per heavy atom. The highest BCUT2D eigenvalue weighted by Crippen LogP contribution is 2.38. The molecule has 0 aromatic heterocycles. The van der Waals surface area contributed by atoms with Crippen molar-refractivity contribution in [2.24, 2.45) is 5.41 Å². The average molecular weight is 353 g/mol. The normalized spacial score (nSPS) is 24.0. The summed E-state index contributed by atoms with van der Waals surface area (Å²) >= 11 is 0. The van der Waals surface area contributed by atoms with Crippen LogP contribution < -0.4 is 5.32 Å². The fourth-order valence-corrected chi connectivity index (χ4v) is 4.66. The van der Waals surface area contributed by atoms with Crippen LogP contribution >= 0.6 is 0 Å². The van der Waals surface area contributed by atoms with E-state index in [1.165, 1.54) is 6.42 Å². The topological polar surface area (TPSA) is 52.7 Å². The van der Waals surface area contributed by atoms with E-state index in [9.17, 15) is 9.59 Å². The first-order chi connectivity index (χ1) is 12.6. The van der Waals surface area contributed by atoms with Gasteiger partial charge in [-0.2, -0.15) is 0 Å². The molecule has 2 amide bonds. The Balaban J connectivity index is 1.47. The van der Waals surface area contributed by atoms with Crippen molar-refractivity contribution < 1.29 is 9.59 Å². The number of benzene rings is 1. The maximum absolute atomic E-state index is 13.0. The second kappa shape index (κ2) is 6.88. The molecule has 1 N–H and O–H groups in total. The van der Waals surface area contributed by atoms with Gasteiger partial charge >= 0.3 is 0 Å². The van der Waals surface area contributed by atoms with E-state index >= 15 is 0 Å². The highest BCUT2D eigenvalue weighted by Gasteiger charge is 2.39. The number of rotatable bonds is 2. The number of likely N-dealkylation sites (tertiary alicyclic amines) is 1. The number of amides is 2. The highest BCUT2D eigenvalue weighted by atomic mass is 16.2. The lowest BCUT2D eigenvalue weighted by Gasteiger charge is -2.40. The first kappa shape index (κ1) is 17.3. The quantitative estimate of drug-likeness (QED) is 0.889. The van der Waals surface area contributed by atoms with E-state index < -0.39 is 0 Å². The van der Waals surface area contributed by atoms with Crippen molar-refractivity contribution in [2.75, 3.05) is 26.2 Å². The number of hydrogen-bond donors (Lipinski definition) is 1. The molecule has 0 aliphatic carbocycles. The van der Waals surface area contributed by atoms with Crippen LogP contribution in [0.15, 0.2) is 30.5 Å². The summed E-state index contributed by atoms with van der Waals surface area (Å²) < 4.78 is 0. The average Bonchev–Trinajstić information content (AvgIpc) is 3.10. The van der Waals surface area contributed by atoms with E-state index in [1.54, 1.807) is 11.8 Å². The van der Waals surface area contributed by atoms with Crippen molar-refractivity contribution in [1.29, 1.82) is 0 Å². The van der Waals surface area contributed by atoms with Gasteiger partial charge in [-0.15, -0.1) is 0 Å². The lowest BCUT2D eigenvalue weighted by atomic mass is 9.77. The van der Waals surface area contributed by atoms with Crippen LogP contribution in [0.2, 0.25) is 0 Å². The van der Waals surface area contributed by atoms with Gasteiger partial charge in [-0.25, -0.2) is 0 Å². The van der Waals surface area contributed by atoms with Crippen molar-refractivity contribution in [3.05, 3.63) is 41.6 Å². The summed E-state index contributed by atoms with van der Waals surface area (Å²) in [5, 5.41) is 3.47. The molecule has 0 bridgehead atoms. The van der Waals surface area contributed by atoms with Crippen molar-refractivity contribution in [2.45, 2.75) is 38.6 Å². The number of fused-ring (bicyclic) bond motifs is 1. The maximum atomic E-state index is 13.0. The third-order valence-electron chi connectivity index (χ3n) is 6.35. The third-order valence-corrected chi connectivity index (χ3v) is 6.35. The fourth-order valence-electron chi connectivity index (χ4n) is 4.66. The number of piperidine rings is 1. The molecule has 2 fully saturated rings. The zero-order valence-electron chi connectivity index (χ0n) is 15.4. The zero-order valence-corrected chi connectivity index (χ0v) is 15.4. The molecule has 4 rings (SSSR count). The standard InChI is InChI=1S/C21H27N3O2/c1-16(25)24-11-6-17-4-2-3-5-18(17)19(24)14-20(26)23-12-8-21(9-13-23)7-10-22-15-21/h2-6,11,19,22H,7-10,12-15H2,1H3. The minimum Gasteiger partial charge on any atom is -0.343 e. The molecular formula is C21H27N3O2. The first-order valence-electron chi connectivity index (χ1n) is 9.63. The Morgan fingerprint density at radius 3 is 2.65 bits per heavy atom. The van der Waals surface area contributed by atoms with Gasteiger partial charge in [0.1, 0.15) is 0 Å². The van der Waals surface area contributed by atoms with Gasteiger partial charge in [-0.1, -0.05) is 24.3 Å². The largest absolute Gasteiger partial charge is 0.343 e. The summed E-state index contributed by atoms with van der Waals surface area (Å²) in [7, 11) is 0. The lowest BCUT2D eigenvalue weighted by Crippen LogP contribution is -2.45. The smallest absolute Gasteiger partial charge is 0.225 e. The second-order valence-electron chi connectivity index (χ2n) is 7.90.